The summed E-state index contributed by atoms with van der Waals surface area (Å²) >= 11 is 0. The van der Waals surface area contributed by atoms with E-state index in [-0.39, 0.29) is 40.1 Å². The zero-order chi connectivity index (χ0) is 33.8. The Morgan fingerprint density at radius 3 is 2.65 bits per heavy atom. The number of aromatic nitrogens is 3. The molecule has 0 amide bonds. The van der Waals surface area contributed by atoms with Gasteiger partial charge in [-0.1, -0.05) is 13.0 Å². The van der Waals surface area contributed by atoms with Gasteiger partial charge in [0.15, 0.2) is 5.82 Å². The van der Waals surface area contributed by atoms with Crippen LogP contribution in [-0.4, -0.2) is 108 Å². The number of phenols is 1. The number of hydrogen-bond acceptors (Lipinski definition) is 10. The molecule has 7 rings (SSSR count). The minimum absolute atomic E-state index is 0.00387. The third-order valence-electron chi connectivity index (χ3n) is 10.1. The summed E-state index contributed by atoms with van der Waals surface area (Å²) in [5.74, 6) is -0.821. The van der Waals surface area contributed by atoms with Crippen LogP contribution in [0.4, 0.5) is 14.6 Å². The molecule has 5 heterocycles. The van der Waals surface area contributed by atoms with Crippen LogP contribution < -0.4 is 15.0 Å². The molecule has 3 aliphatic heterocycles. The second-order valence-electron chi connectivity index (χ2n) is 13.3. The molecule has 2 aromatic heterocycles. The van der Waals surface area contributed by atoms with E-state index in [2.05, 4.69) is 20.2 Å². The lowest BCUT2D eigenvalue weighted by molar-refractivity contribution is -0.119. The van der Waals surface area contributed by atoms with E-state index in [9.17, 15) is 10.2 Å². The summed E-state index contributed by atoms with van der Waals surface area (Å²) in [4.78, 5) is 18.4. The van der Waals surface area contributed by atoms with E-state index in [1.807, 2.05) is 11.8 Å². The summed E-state index contributed by atoms with van der Waals surface area (Å²) in [6.07, 6.45) is 5.51. The van der Waals surface area contributed by atoms with E-state index < -0.39 is 23.3 Å². The predicted molar refractivity (Wildman–Crippen MR) is 181 cm³/mol. The number of nitrogens with zero attached hydrogens (tertiary/aromatic N) is 5. The first-order chi connectivity index (χ1) is 23.0. The number of halogens is 2. The molecule has 48 heavy (non-hydrogen) atoms. The van der Waals surface area contributed by atoms with Crippen molar-refractivity contribution in [1.29, 1.82) is 0 Å². The summed E-state index contributed by atoms with van der Waals surface area (Å²) < 4.78 is 43.7. The average Bonchev–Trinajstić information content (AvgIpc) is 3.64. The van der Waals surface area contributed by atoms with Crippen LogP contribution in [0.5, 0.6) is 11.8 Å². The van der Waals surface area contributed by atoms with Crippen LogP contribution in [0.1, 0.15) is 45.1 Å². The molecular weight excluding hydrogens is 616 g/mol. The van der Waals surface area contributed by atoms with Gasteiger partial charge in [-0.3, -0.25) is 9.88 Å². The standard InChI is InChI=1S/C34H38B2F2N6O4/c1-3-22-25(37)7-6-20-14-21(45)15-23(27(20)22)29-28(38)30-24(16-40-29)31(43-13-10-39-26(17-43)19(2)48-34(35,36)46)42-32(41-30)47-18-33-8-4-11-44(33)12-5-9-33/h6-7,14-16,19,26,39,45-46H,3-5,8-13,17-18H2,1-2H3. The monoisotopic (exact) mass is 654 g/mol. The maximum atomic E-state index is 16.9. The third-order valence-corrected chi connectivity index (χ3v) is 10.1. The molecule has 3 aliphatic rings. The highest BCUT2D eigenvalue weighted by molar-refractivity contribution is 6.37. The van der Waals surface area contributed by atoms with E-state index >= 15 is 8.78 Å². The van der Waals surface area contributed by atoms with Gasteiger partial charge in [-0.05, 0) is 86.7 Å². The molecule has 2 aromatic carbocycles. The van der Waals surface area contributed by atoms with Crippen LogP contribution >= 0.6 is 0 Å². The Hall–Kier alpha value is -3.58. The molecule has 4 aromatic rings. The molecule has 3 fully saturated rings. The van der Waals surface area contributed by atoms with Crippen molar-refractivity contribution in [3.05, 3.63) is 47.7 Å². The summed E-state index contributed by atoms with van der Waals surface area (Å²) in [7, 11) is 11.0. The Bertz CT molecular complexity index is 1850. The van der Waals surface area contributed by atoms with Crippen LogP contribution in [0.2, 0.25) is 0 Å². The molecule has 0 spiro atoms. The Labute approximate surface area is 280 Å². The summed E-state index contributed by atoms with van der Waals surface area (Å²) in [6.45, 7) is 7.41. The number of nitrogens with one attached hydrogen (secondary N) is 1. The molecule has 14 heteroatoms. The Kier molecular flexibility index (Phi) is 8.72. The van der Waals surface area contributed by atoms with E-state index in [4.69, 9.17) is 30.2 Å². The summed E-state index contributed by atoms with van der Waals surface area (Å²) in [5, 5.41) is 25.2. The molecule has 10 nitrogen and oxygen atoms in total. The van der Waals surface area contributed by atoms with E-state index in [1.165, 1.54) is 24.4 Å². The summed E-state index contributed by atoms with van der Waals surface area (Å²) in [6, 6.07) is 5.58. The van der Waals surface area contributed by atoms with Crippen LogP contribution in [0, 0.1) is 11.6 Å². The second-order valence-corrected chi connectivity index (χ2v) is 13.3. The number of aromatic hydroxyl groups is 1. The number of fused-ring (bicyclic) bond motifs is 3. The van der Waals surface area contributed by atoms with Crippen LogP contribution in [-0.2, 0) is 11.2 Å². The van der Waals surface area contributed by atoms with Crippen molar-refractivity contribution in [1.82, 2.24) is 25.2 Å². The van der Waals surface area contributed by atoms with Gasteiger partial charge in [-0.2, -0.15) is 9.97 Å². The highest BCUT2D eigenvalue weighted by atomic mass is 19.1. The number of piperazine rings is 1. The van der Waals surface area contributed by atoms with Gasteiger partial charge >= 0.3 is 6.01 Å². The minimum Gasteiger partial charge on any atom is -0.508 e. The van der Waals surface area contributed by atoms with Gasteiger partial charge in [0.1, 0.15) is 50.9 Å². The van der Waals surface area contributed by atoms with E-state index in [0.29, 0.717) is 60.2 Å². The first-order valence-corrected chi connectivity index (χ1v) is 16.6. The van der Waals surface area contributed by atoms with Gasteiger partial charge in [0.25, 0.3) is 0 Å². The predicted octanol–water partition coefficient (Wildman–Crippen LogP) is 3.52. The van der Waals surface area contributed by atoms with Crippen molar-refractivity contribution < 1.29 is 28.5 Å². The van der Waals surface area contributed by atoms with Crippen LogP contribution in [0.15, 0.2) is 30.5 Å². The molecule has 0 bridgehead atoms. The zero-order valence-corrected chi connectivity index (χ0v) is 27.2. The quantitative estimate of drug-likeness (QED) is 0.183. The molecule has 3 N–H and O–H groups in total. The molecule has 2 atom stereocenters. The van der Waals surface area contributed by atoms with Gasteiger partial charge in [-0.15, -0.1) is 0 Å². The lowest BCUT2D eigenvalue weighted by Gasteiger charge is -2.39. The molecule has 248 valence electrons. The van der Waals surface area contributed by atoms with Gasteiger partial charge in [0, 0.05) is 31.4 Å². The fourth-order valence-corrected chi connectivity index (χ4v) is 7.87. The average molecular weight is 654 g/mol. The Morgan fingerprint density at radius 2 is 1.92 bits per heavy atom. The number of rotatable bonds is 9. The first kappa shape index (κ1) is 32.9. The number of benzene rings is 2. The van der Waals surface area contributed by atoms with Crippen molar-refractivity contribution in [2.75, 3.05) is 44.2 Å². The SMILES string of the molecule is [B]C([B])(O)OC(C)C1CN(c2nc(OCC34CCCN3CCC4)nc3c(F)c(-c4cc(O)cc5ccc(F)c(CC)c45)ncc23)CCN1. The molecule has 0 aliphatic carbocycles. The number of aliphatic hydroxyl groups is 1. The molecule has 2 unspecified atom stereocenters. The maximum Gasteiger partial charge on any atom is 0.319 e. The molecule has 0 saturated carbocycles. The number of ether oxygens (including phenoxy) is 2. The van der Waals surface area contributed by atoms with Crippen molar-refractivity contribution in [2.24, 2.45) is 0 Å². The van der Waals surface area contributed by atoms with Crippen molar-refractivity contribution in [3.63, 3.8) is 0 Å². The third kappa shape index (κ3) is 6.08. The normalized spacial score (nSPS) is 20.4. The van der Waals surface area contributed by atoms with Crippen molar-refractivity contribution in [2.45, 2.75) is 69.2 Å². The number of hydrogen-bond donors (Lipinski definition) is 3. The van der Waals surface area contributed by atoms with Gasteiger partial charge in [0.2, 0.25) is 0 Å². The van der Waals surface area contributed by atoms with Crippen LogP contribution in [0.3, 0.4) is 0 Å². The fraction of sp³-hybridized carbons (Fsp3) is 0.500. The lowest BCUT2D eigenvalue weighted by atomic mass is 9.76. The van der Waals surface area contributed by atoms with Gasteiger partial charge < -0.3 is 29.9 Å². The smallest absolute Gasteiger partial charge is 0.319 e. The Balaban J connectivity index is 1.34. The topological polar surface area (TPSA) is 116 Å². The lowest BCUT2D eigenvalue weighted by Crippen LogP contribution is -2.57. The minimum atomic E-state index is -2.31. The number of pyridine rings is 1. The first-order valence-electron chi connectivity index (χ1n) is 16.6. The zero-order valence-electron chi connectivity index (χ0n) is 27.2. The van der Waals surface area contributed by atoms with Crippen molar-refractivity contribution in [3.8, 4) is 23.0 Å². The molecule has 4 radical (unpaired) electrons. The highest BCUT2D eigenvalue weighted by Crippen LogP contribution is 2.41. The van der Waals surface area contributed by atoms with Crippen molar-refractivity contribution >= 4 is 43.2 Å². The number of anilines is 1. The van der Waals surface area contributed by atoms with Gasteiger partial charge in [0.05, 0.1) is 28.7 Å². The van der Waals surface area contributed by atoms with Gasteiger partial charge in [-0.25, -0.2) is 8.78 Å². The molecular formula is C34H38B2F2N6O4. The number of phenolic OH excluding ortho intramolecular Hbond substituents is 1. The van der Waals surface area contributed by atoms with Crippen LogP contribution in [0.25, 0.3) is 32.9 Å². The number of aryl methyl sites for hydroxylation is 1. The maximum absolute atomic E-state index is 16.9. The Morgan fingerprint density at radius 1 is 1.15 bits per heavy atom. The highest BCUT2D eigenvalue weighted by Gasteiger charge is 2.45. The second kappa shape index (κ2) is 12.7. The van der Waals surface area contributed by atoms with E-state index in [0.717, 1.165) is 38.8 Å². The van der Waals surface area contributed by atoms with E-state index in [1.54, 1.807) is 13.0 Å². The molecule has 3 saturated heterocycles. The fourth-order valence-electron chi connectivity index (χ4n) is 7.87. The summed E-state index contributed by atoms with van der Waals surface area (Å²) in [5.41, 5.74) is -1.80. The largest absolute Gasteiger partial charge is 0.508 e.